The van der Waals surface area contributed by atoms with Gasteiger partial charge in [0, 0.05) is 0 Å². The Morgan fingerprint density at radius 2 is 1.62 bits per heavy atom. The number of carboxylic acid groups (broad SMARTS) is 1. The smallest absolute Gasteiger partial charge is 0.336 e. The van der Waals surface area contributed by atoms with Gasteiger partial charge in [0.15, 0.2) is 0 Å². The molecule has 0 aromatic rings. The van der Waals surface area contributed by atoms with E-state index in [0.717, 1.165) is 24.0 Å². The van der Waals surface area contributed by atoms with Crippen molar-refractivity contribution in [3.8, 4) is 11.1 Å². The van der Waals surface area contributed by atoms with E-state index in [4.69, 9.17) is 0 Å². The molecule has 2 nitrogen and oxygen atoms in total. The van der Waals surface area contributed by atoms with Gasteiger partial charge in [-0.1, -0.05) is 69.4 Å². The summed E-state index contributed by atoms with van der Waals surface area (Å²) < 4.78 is 0. The molecule has 0 heterocycles. The number of carbonyl (C=O) groups is 1. The van der Waals surface area contributed by atoms with Crippen LogP contribution >= 0.6 is 0 Å². The van der Waals surface area contributed by atoms with Crippen molar-refractivity contribution < 1.29 is 9.90 Å². The fraction of sp³-hybridized carbons (Fsp3) is 0.421. The highest BCUT2D eigenvalue weighted by Gasteiger charge is 2.18. The van der Waals surface area contributed by atoms with Gasteiger partial charge in [-0.15, -0.1) is 0 Å². The summed E-state index contributed by atoms with van der Waals surface area (Å²) in [7, 11) is 0. The highest BCUT2D eigenvalue weighted by Crippen LogP contribution is 2.32. The molecule has 2 rings (SSSR count). The first-order chi connectivity index (χ1) is 10.2. The minimum absolute atomic E-state index is 0.433. The van der Waals surface area contributed by atoms with Crippen LogP contribution in [0.2, 0.25) is 0 Å². The summed E-state index contributed by atoms with van der Waals surface area (Å²) in [5.41, 5.74) is 3.55. The zero-order chi connectivity index (χ0) is 15.1. The Morgan fingerprint density at radius 1 is 0.952 bits per heavy atom. The molecule has 0 unspecified atom stereocenters. The zero-order valence-corrected chi connectivity index (χ0v) is 12.8. The zero-order valence-electron chi connectivity index (χ0n) is 12.8. The molecule has 0 bridgehead atoms. The summed E-state index contributed by atoms with van der Waals surface area (Å²) in [6.07, 6.45) is 8.53. The van der Waals surface area contributed by atoms with Crippen molar-refractivity contribution in [2.24, 2.45) is 0 Å². The molecule has 0 fully saturated rings. The third-order valence-electron chi connectivity index (χ3n) is 4.02. The Morgan fingerprint density at radius 3 is 2.33 bits per heavy atom. The van der Waals surface area contributed by atoms with Crippen LogP contribution in [0.5, 0.6) is 0 Å². The van der Waals surface area contributed by atoms with E-state index in [0.29, 0.717) is 5.56 Å². The lowest BCUT2D eigenvalue weighted by Gasteiger charge is -2.02. The SMILES string of the molecule is CCCCCCCCc1cc(C(=O)O)c2cccccc1-2. The molecule has 1 N–H and O–H groups in total. The molecule has 0 aromatic carbocycles. The second kappa shape index (κ2) is 7.82. The maximum absolute atomic E-state index is 11.4. The van der Waals surface area contributed by atoms with E-state index in [1.165, 1.54) is 37.7 Å². The Balaban J connectivity index is 2.05. The Hall–Kier alpha value is -1.83. The van der Waals surface area contributed by atoms with E-state index in [2.05, 4.69) is 6.92 Å². The molecule has 0 amide bonds. The predicted molar refractivity (Wildman–Crippen MR) is 87.1 cm³/mol. The van der Waals surface area contributed by atoms with Crippen LogP contribution in [0.3, 0.4) is 0 Å². The summed E-state index contributed by atoms with van der Waals surface area (Å²) >= 11 is 0. The summed E-state index contributed by atoms with van der Waals surface area (Å²) in [4.78, 5) is 11.4. The second-order valence-corrected chi connectivity index (χ2v) is 5.64. The quantitative estimate of drug-likeness (QED) is 0.660. The Kier molecular flexibility index (Phi) is 5.79. The molecule has 21 heavy (non-hydrogen) atoms. The van der Waals surface area contributed by atoms with Crippen LogP contribution in [0.15, 0.2) is 36.4 Å². The van der Waals surface area contributed by atoms with Gasteiger partial charge in [0.05, 0.1) is 5.56 Å². The lowest BCUT2D eigenvalue weighted by molar-refractivity contribution is 0.0698. The minimum Gasteiger partial charge on any atom is -0.478 e. The number of aryl methyl sites for hydroxylation is 1. The van der Waals surface area contributed by atoms with Crippen molar-refractivity contribution in [2.45, 2.75) is 51.9 Å². The third kappa shape index (κ3) is 4.07. The van der Waals surface area contributed by atoms with E-state index in [-0.39, 0.29) is 0 Å². The molecule has 0 saturated carbocycles. The van der Waals surface area contributed by atoms with Gasteiger partial charge in [-0.2, -0.15) is 0 Å². The van der Waals surface area contributed by atoms with Crippen LogP contribution in [-0.4, -0.2) is 11.1 Å². The molecule has 112 valence electrons. The van der Waals surface area contributed by atoms with Crippen molar-refractivity contribution in [1.29, 1.82) is 0 Å². The number of aromatic carboxylic acids is 1. The van der Waals surface area contributed by atoms with Gasteiger partial charge >= 0.3 is 5.97 Å². The highest BCUT2D eigenvalue weighted by atomic mass is 16.4. The van der Waals surface area contributed by atoms with Gasteiger partial charge in [0.25, 0.3) is 0 Å². The van der Waals surface area contributed by atoms with E-state index >= 15 is 0 Å². The van der Waals surface area contributed by atoms with Gasteiger partial charge in [0.1, 0.15) is 0 Å². The number of fused-ring (bicyclic) bond motifs is 1. The monoisotopic (exact) mass is 284 g/mol. The number of rotatable bonds is 8. The average Bonchev–Trinajstić information content (AvgIpc) is 2.65. The number of carboxylic acids is 1. The van der Waals surface area contributed by atoms with Gasteiger partial charge in [-0.25, -0.2) is 4.79 Å². The second-order valence-electron chi connectivity index (χ2n) is 5.64. The van der Waals surface area contributed by atoms with Gasteiger partial charge < -0.3 is 5.11 Å². The molecule has 0 radical (unpaired) electrons. The summed E-state index contributed by atoms with van der Waals surface area (Å²) in [6, 6.07) is 11.6. The highest BCUT2D eigenvalue weighted by molar-refractivity contribution is 5.98. The predicted octanol–water partition coefficient (Wildman–Crippen LogP) is 5.39. The first kappa shape index (κ1) is 15.6. The molecule has 0 saturated heterocycles. The minimum atomic E-state index is -0.833. The molecule has 0 spiro atoms. The van der Waals surface area contributed by atoms with Gasteiger partial charge in [-0.05, 0) is 35.6 Å². The maximum Gasteiger partial charge on any atom is 0.336 e. The lowest BCUT2D eigenvalue weighted by atomic mass is 10.0. The molecule has 2 heteroatoms. The average molecular weight is 284 g/mol. The van der Waals surface area contributed by atoms with Crippen molar-refractivity contribution in [1.82, 2.24) is 0 Å². The molecule has 2 aliphatic rings. The van der Waals surface area contributed by atoms with Crippen LogP contribution in [0, 0.1) is 0 Å². The van der Waals surface area contributed by atoms with Crippen LogP contribution in [0.25, 0.3) is 11.1 Å². The molecule has 2 aliphatic carbocycles. The van der Waals surface area contributed by atoms with E-state index < -0.39 is 5.97 Å². The van der Waals surface area contributed by atoms with Gasteiger partial charge in [-0.3, -0.25) is 0 Å². The molecular weight excluding hydrogens is 260 g/mol. The maximum atomic E-state index is 11.4. The van der Waals surface area contributed by atoms with Crippen LogP contribution in [-0.2, 0) is 6.42 Å². The summed E-state index contributed by atoms with van der Waals surface area (Å²) in [5.74, 6) is -0.833. The number of hydrogen-bond acceptors (Lipinski definition) is 1. The largest absolute Gasteiger partial charge is 0.478 e. The molecule has 0 aromatic heterocycles. The topological polar surface area (TPSA) is 37.3 Å². The van der Waals surface area contributed by atoms with Gasteiger partial charge in [0.2, 0.25) is 0 Å². The molecule has 0 aliphatic heterocycles. The first-order valence-electron chi connectivity index (χ1n) is 7.98. The standard InChI is InChI=1S/C19H24O2/c1-2-3-4-5-6-8-11-15-14-18(19(20)21)17-13-10-7-9-12-16(15)17/h7,9-10,12-14H,2-6,8,11H2,1H3,(H,20,21). The molecule has 0 atom stereocenters. The van der Waals surface area contributed by atoms with Crippen molar-refractivity contribution in [3.05, 3.63) is 47.5 Å². The normalized spacial score (nSPS) is 10.9. The van der Waals surface area contributed by atoms with Crippen molar-refractivity contribution in [2.75, 3.05) is 0 Å². The summed E-state index contributed by atoms with van der Waals surface area (Å²) in [5, 5.41) is 9.35. The number of unbranched alkanes of at least 4 members (excludes halogenated alkanes) is 5. The fourth-order valence-corrected chi connectivity index (χ4v) is 2.87. The van der Waals surface area contributed by atoms with E-state index in [1.807, 2.05) is 36.4 Å². The van der Waals surface area contributed by atoms with Crippen LogP contribution in [0.4, 0.5) is 0 Å². The Labute approximate surface area is 127 Å². The number of hydrogen-bond donors (Lipinski definition) is 1. The van der Waals surface area contributed by atoms with E-state index in [9.17, 15) is 9.90 Å². The third-order valence-corrected chi connectivity index (χ3v) is 4.02. The first-order valence-corrected chi connectivity index (χ1v) is 7.98. The Bertz CT molecular complexity index is 560. The summed E-state index contributed by atoms with van der Waals surface area (Å²) in [6.45, 7) is 2.23. The van der Waals surface area contributed by atoms with Crippen LogP contribution in [0.1, 0.15) is 61.4 Å². The van der Waals surface area contributed by atoms with Crippen LogP contribution < -0.4 is 0 Å². The van der Waals surface area contributed by atoms with Crippen molar-refractivity contribution in [3.63, 3.8) is 0 Å². The fourth-order valence-electron chi connectivity index (χ4n) is 2.87. The lowest BCUT2D eigenvalue weighted by Crippen LogP contribution is -1.94. The molecular formula is C19H24O2. The van der Waals surface area contributed by atoms with Crippen molar-refractivity contribution >= 4 is 5.97 Å². The van der Waals surface area contributed by atoms with E-state index in [1.54, 1.807) is 0 Å².